The highest BCUT2D eigenvalue weighted by molar-refractivity contribution is 7.47. The van der Waals surface area contributed by atoms with Crippen molar-refractivity contribution < 1.29 is 80.2 Å². The van der Waals surface area contributed by atoms with Crippen molar-refractivity contribution in [2.75, 3.05) is 39.6 Å². The molecule has 3 N–H and O–H groups in total. The van der Waals surface area contributed by atoms with Crippen molar-refractivity contribution in [2.24, 2.45) is 11.8 Å². The lowest BCUT2D eigenvalue weighted by Gasteiger charge is -2.21. The minimum Gasteiger partial charge on any atom is -0.462 e. The van der Waals surface area contributed by atoms with Gasteiger partial charge in [0.1, 0.15) is 19.3 Å². The average molecular weight is 1510 g/mol. The van der Waals surface area contributed by atoms with Crippen LogP contribution < -0.4 is 0 Å². The zero-order valence-electron chi connectivity index (χ0n) is 67.6. The third-order valence-corrected chi connectivity index (χ3v) is 22.3. The molecule has 0 spiro atoms. The second-order valence-electron chi connectivity index (χ2n) is 30.7. The van der Waals surface area contributed by atoms with Crippen LogP contribution in [0.3, 0.4) is 0 Å². The summed E-state index contributed by atoms with van der Waals surface area (Å²) in [6, 6.07) is 0. The van der Waals surface area contributed by atoms with Gasteiger partial charge >= 0.3 is 39.5 Å². The minimum atomic E-state index is -4.96. The van der Waals surface area contributed by atoms with Crippen molar-refractivity contribution in [1.29, 1.82) is 0 Å². The topological polar surface area (TPSA) is 237 Å². The summed E-state index contributed by atoms with van der Waals surface area (Å²) in [6.45, 7) is 9.70. The lowest BCUT2D eigenvalue weighted by atomic mass is 9.99. The molecule has 0 amide bonds. The van der Waals surface area contributed by atoms with E-state index in [0.29, 0.717) is 25.7 Å². The lowest BCUT2D eigenvalue weighted by molar-refractivity contribution is -0.161. The molecule has 17 nitrogen and oxygen atoms in total. The van der Waals surface area contributed by atoms with Crippen molar-refractivity contribution in [3.63, 3.8) is 0 Å². The van der Waals surface area contributed by atoms with Gasteiger partial charge in [-0.05, 0) is 37.5 Å². The number of aliphatic hydroxyl groups is 1. The Morgan fingerprint density at radius 2 is 0.466 bits per heavy atom. The zero-order chi connectivity index (χ0) is 75.6. The largest absolute Gasteiger partial charge is 0.472 e. The van der Waals surface area contributed by atoms with Crippen LogP contribution >= 0.6 is 15.6 Å². The number of carbonyl (C=O) groups is 4. The molecule has 0 radical (unpaired) electrons. The van der Waals surface area contributed by atoms with E-state index in [1.807, 2.05) is 0 Å². The molecule has 0 aromatic heterocycles. The molecule has 612 valence electrons. The fourth-order valence-corrected chi connectivity index (χ4v) is 14.6. The van der Waals surface area contributed by atoms with Gasteiger partial charge in [-0.15, -0.1) is 0 Å². The Morgan fingerprint density at radius 3 is 0.689 bits per heavy atom. The first-order chi connectivity index (χ1) is 49.9. The molecule has 0 aliphatic heterocycles. The molecule has 0 heterocycles. The number of aliphatic hydroxyl groups excluding tert-OH is 1. The van der Waals surface area contributed by atoms with Crippen LogP contribution in [-0.2, 0) is 65.4 Å². The van der Waals surface area contributed by atoms with E-state index >= 15 is 0 Å². The van der Waals surface area contributed by atoms with Crippen molar-refractivity contribution >= 4 is 39.5 Å². The van der Waals surface area contributed by atoms with Gasteiger partial charge in [0.15, 0.2) is 12.2 Å². The number of phosphoric acid groups is 2. The fourth-order valence-electron chi connectivity index (χ4n) is 13.0. The molecular weight excluding hydrogens is 1340 g/mol. The maximum Gasteiger partial charge on any atom is 0.472 e. The maximum absolute atomic E-state index is 13.1. The molecule has 19 heteroatoms. The van der Waals surface area contributed by atoms with Crippen LogP contribution in [0, 0.1) is 11.8 Å². The van der Waals surface area contributed by atoms with E-state index in [4.69, 9.17) is 37.0 Å². The van der Waals surface area contributed by atoms with Crippen LogP contribution in [-0.4, -0.2) is 96.7 Å². The van der Waals surface area contributed by atoms with E-state index in [2.05, 4.69) is 41.5 Å². The fraction of sp³-hybridized carbons (Fsp3) is 0.952. The third-order valence-electron chi connectivity index (χ3n) is 20.4. The van der Waals surface area contributed by atoms with Crippen LogP contribution in [0.15, 0.2) is 0 Å². The number of rotatable bonds is 83. The number of hydrogen-bond donors (Lipinski definition) is 3. The number of esters is 4. The van der Waals surface area contributed by atoms with Crippen LogP contribution in [0.2, 0.25) is 0 Å². The third kappa shape index (κ3) is 75.3. The normalized spacial score (nSPS) is 14.4. The zero-order valence-corrected chi connectivity index (χ0v) is 69.4. The van der Waals surface area contributed by atoms with Gasteiger partial charge in [0, 0.05) is 25.7 Å². The molecule has 0 rings (SSSR count). The van der Waals surface area contributed by atoms with Crippen molar-refractivity contribution in [3.05, 3.63) is 0 Å². The van der Waals surface area contributed by atoms with Gasteiger partial charge in [-0.2, -0.15) is 0 Å². The van der Waals surface area contributed by atoms with E-state index in [9.17, 15) is 43.2 Å². The summed E-state index contributed by atoms with van der Waals surface area (Å²) in [7, 11) is -9.92. The Morgan fingerprint density at radius 1 is 0.272 bits per heavy atom. The average Bonchev–Trinajstić information content (AvgIpc) is 0.911. The predicted molar refractivity (Wildman–Crippen MR) is 423 cm³/mol. The van der Waals surface area contributed by atoms with Gasteiger partial charge in [-0.3, -0.25) is 37.3 Å². The summed E-state index contributed by atoms with van der Waals surface area (Å²) in [5.74, 6) is -0.486. The second-order valence-corrected chi connectivity index (χ2v) is 33.6. The lowest BCUT2D eigenvalue weighted by Crippen LogP contribution is -2.30. The summed E-state index contributed by atoms with van der Waals surface area (Å²) < 4.78 is 68.8. The van der Waals surface area contributed by atoms with E-state index in [1.54, 1.807) is 0 Å². The summed E-state index contributed by atoms with van der Waals surface area (Å²) in [5, 5.41) is 10.7. The van der Waals surface area contributed by atoms with Crippen LogP contribution in [0.1, 0.15) is 446 Å². The molecule has 4 unspecified atom stereocenters. The molecule has 0 aromatic carbocycles. The van der Waals surface area contributed by atoms with Crippen LogP contribution in [0.25, 0.3) is 0 Å². The molecule has 0 saturated heterocycles. The smallest absolute Gasteiger partial charge is 0.462 e. The Balaban J connectivity index is 5.24. The predicted octanol–water partition coefficient (Wildman–Crippen LogP) is 25.5. The van der Waals surface area contributed by atoms with Gasteiger partial charge in [-0.1, -0.05) is 395 Å². The summed E-state index contributed by atoms with van der Waals surface area (Å²) in [5.41, 5.74) is 0. The van der Waals surface area contributed by atoms with Gasteiger partial charge in [0.2, 0.25) is 0 Å². The number of unbranched alkanes of at least 4 members (excludes halogenated alkanes) is 51. The van der Waals surface area contributed by atoms with Gasteiger partial charge in [0.25, 0.3) is 0 Å². The highest BCUT2D eigenvalue weighted by atomic mass is 31.2. The minimum absolute atomic E-state index is 0.106. The second kappa shape index (κ2) is 75.5. The van der Waals surface area contributed by atoms with Crippen molar-refractivity contribution in [1.82, 2.24) is 0 Å². The highest BCUT2D eigenvalue weighted by Crippen LogP contribution is 2.45. The number of phosphoric ester groups is 2. The van der Waals surface area contributed by atoms with Crippen LogP contribution in [0.5, 0.6) is 0 Å². The standard InChI is InChI=1S/C84H164O17P2/c1-7-11-13-15-17-19-21-23-24-25-26-27-28-29-30-35-39-43-50-56-62-68-83(88)100-79(72-94-82(87)67-61-55-49-42-38-34-32-31-33-36-40-46-52-58-64-76(5)9-3)74-98-102(90,91)96-70-78(85)71-97-103(92,93)99-75-80(101-84(89)69-63-57-51-45-44-47-53-59-65-77(6)10-4)73-95-81(86)66-60-54-48-41-37-22-20-18-16-14-12-8-2/h76-80,85H,7-75H2,1-6H3,(H,90,91)(H,92,93)/t76?,77?,78-,79-,80-/m1/s1. The SMILES string of the molecule is CCCCCCCCCCCCCCCCCCCCCCCC(=O)O[C@H](COC(=O)CCCCCCCCCCCCCCCCC(C)CC)COP(=O)(O)OC[C@@H](O)COP(=O)(O)OC[C@@H](COC(=O)CCCCCCCCCCCCCC)OC(=O)CCCCCCCCCCC(C)CC. The molecule has 0 fully saturated rings. The van der Waals surface area contributed by atoms with Crippen molar-refractivity contribution in [2.45, 2.75) is 464 Å². The monoisotopic (exact) mass is 1510 g/mol. The molecule has 0 aromatic rings. The van der Waals surface area contributed by atoms with E-state index < -0.39 is 97.5 Å². The Labute approximate surface area is 632 Å². The molecule has 0 saturated carbocycles. The van der Waals surface area contributed by atoms with Gasteiger partial charge < -0.3 is 33.8 Å². The van der Waals surface area contributed by atoms with E-state index in [0.717, 1.165) is 102 Å². The highest BCUT2D eigenvalue weighted by Gasteiger charge is 2.30. The Kier molecular flexibility index (Phi) is 74.1. The summed E-state index contributed by atoms with van der Waals surface area (Å²) >= 11 is 0. The first-order valence-electron chi connectivity index (χ1n) is 43.6. The first-order valence-corrected chi connectivity index (χ1v) is 46.6. The molecule has 103 heavy (non-hydrogen) atoms. The first kappa shape index (κ1) is 101. The number of carbonyl (C=O) groups excluding carboxylic acids is 4. The molecule has 7 atom stereocenters. The summed E-state index contributed by atoms with van der Waals surface area (Å²) in [4.78, 5) is 73.1. The van der Waals surface area contributed by atoms with Gasteiger partial charge in [0.05, 0.1) is 26.4 Å². The Bertz CT molecular complexity index is 1980. The van der Waals surface area contributed by atoms with E-state index in [1.165, 1.54) is 263 Å². The number of ether oxygens (including phenoxy) is 4. The number of hydrogen-bond acceptors (Lipinski definition) is 15. The molecule has 0 aliphatic rings. The molecule has 0 bridgehead atoms. The summed E-state index contributed by atoms with van der Waals surface area (Å²) in [6.07, 6.45) is 66.5. The molecular formula is C84H164O17P2. The Hall–Kier alpha value is -1.94. The van der Waals surface area contributed by atoms with Gasteiger partial charge in [-0.25, -0.2) is 9.13 Å². The van der Waals surface area contributed by atoms with Crippen LogP contribution in [0.4, 0.5) is 0 Å². The van der Waals surface area contributed by atoms with Crippen molar-refractivity contribution in [3.8, 4) is 0 Å². The maximum atomic E-state index is 13.1. The molecule has 0 aliphatic carbocycles. The van der Waals surface area contributed by atoms with E-state index in [-0.39, 0.29) is 25.7 Å². The quantitative estimate of drug-likeness (QED) is 0.0222.